The van der Waals surface area contributed by atoms with Crippen LogP contribution in [0.15, 0.2) is 0 Å². The van der Waals surface area contributed by atoms with Gasteiger partial charge < -0.3 is 14.2 Å². The normalized spacial score (nSPS) is 23.5. The summed E-state index contributed by atoms with van der Waals surface area (Å²) in [5.41, 5.74) is 0. The maximum absolute atomic E-state index is 10.8. The van der Waals surface area contributed by atoms with E-state index in [2.05, 4.69) is 4.18 Å². The minimum atomic E-state index is -3.44. The van der Waals surface area contributed by atoms with Gasteiger partial charge in [0.2, 0.25) is 0 Å². The summed E-state index contributed by atoms with van der Waals surface area (Å²) in [6, 6.07) is 0. The Labute approximate surface area is 102 Å². The molecule has 7 heteroatoms. The van der Waals surface area contributed by atoms with Crippen LogP contribution in [0, 0.1) is 0 Å². The van der Waals surface area contributed by atoms with Crippen LogP contribution in [0.25, 0.3) is 0 Å². The summed E-state index contributed by atoms with van der Waals surface area (Å²) in [6.07, 6.45) is 3.40. The molecule has 1 heterocycles. The number of hydrogen-bond donors (Lipinski definition) is 0. The van der Waals surface area contributed by atoms with Crippen LogP contribution in [0.2, 0.25) is 0 Å². The summed E-state index contributed by atoms with van der Waals surface area (Å²) >= 11 is 0. The first kappa shape index (κ1) is 14.8. The van der Waals surface area contributed by atoms with Gasteiger partial charge in [-0.2, -0.15) is 8.42 Å². The molecular formula is C10H20O6S. The van der Waals surface area contributed by atoms with E-state index in [1.165, 1.54) is 7.11 Å². The fourth-order valence-corrected chi connectivity index (χ4v) is 1.84. The Morgan fingerprint density at radius 3 is 2.65 bits per heavy atom. The molecule has 1 fully saturated rings. The Morgan fingerprint density at radius 1 is 1.35 bits per heavy atom. The van der Waals surface area contributed by atoms with Gasteiger partial charge in [0.1, 0.15) is 6.10 Å². The van der Waals surface area contributed by atoms with Crippen molar-refractivity contribution in [3.8, 4) is 0 Å². The van der Waals surface area contributed by atoms with Gasteiger partial charge in [0, 0.05) is 13.7 Å². The molecule has 0 saturated carbocycles. The fraction of sp³-hybridized carbons (Fsp3) is 1.00. The van der Waals surface area contributed by atoms with Crippen molar-refractivity contribution in [1.82, 2.24) is 0 Å². The number of ether oxygens (including phenoxy) is 3. The van der Waals surface area contributed by atoms with E-state index in [4.69, 9.17) is 14.2 Å². The van der Waals surface area contributed by atoms with Gasteiger partial charge in [-0.3, -0.25) is 4.18 Å². The lowest BCUT2D eigenvalue weighted by molar-refractivity contribution is -0.179. The van der Waals surface area contributed by atoms with Crippen molar-refractivity contribution in [2.45, 2.75) is 31.7 Å². The highest BCUT2D eigenvalue weighted by molar-refractivity contribution is 7.85. The van der Waals surface area contributed by atoms with Crippen LogP contribution in [0.4, 0.5) is 0 Å². The highest BCUT2D eigenvalue weighted by Crippen LogP contribution is 2.14. The van der Waals surface area contributed by atoms with Crippen LogP contribution >= 0.6 is 0 Å². The van der Waals surface area contributed by atoms with Crippen molar-refractivity contribution in [1.29, 1.82) is 0 Å². The molecule has 1 aliphatic rings. The molecule has 17 heavy (non-hydrogen) atoms. The van der Waals surface area contributed by atoms with Crippen LogP contribution < -0.4 is 0 Å². The second-order valence-corrected chi connectivity index (χ2v) is 5.62. The lowest BCUT2D eigenvalue weighted by atomic mass is 10.2. The fourth-order valence-electron chi connectivity index (χ4n) is 1.44. The van der Waals surface area contributed by atoms with Gasteiger partial charge in [0.05, 0.1) is 19.5 Å². The van der Waals surface area contributed by atoms with E-state index >= 15 is 0 Å². The van der Waals surface area contributed by atoms with Gasteiger partial charge in [0.15, 0.2) is 6.29 Å². The van der Waals surface area contributed by atoms with Crippen LogP contribution in [0.5, 0.6) is 0 Å². The van der Waals surface area contributed by atoms with Crippen molar-refractivity contribution < 1.29 is 26.8 Å². The Hall–Kier alpha value is -0.210. The van der Waals surface area contributed by atoms with E-state index in [0.717, 1.165) is 25.5 Å². The van der Waals surface area contributed by atoms with Crippen LogP contribution in [0.3, 0.4) is 0 Å². The molecule has 0 radical (unpaired) electrons. The first-order chi connectivity index (χ1) is 8.01. The smallest absolute Gasteiger partial charge is 0.264 e. The van der Waals surface area contributed by atoms with Crippen molar-refractivity contribution >= 4 is 10.1 Å². The number of methoxy groups -OCH3 is 1. The summed E-state index contributed by atoms with van der Waals surface area (Å²) in [4.78, 5) is 0. The first-order valence-corrected chi connectivity index (χ1v) is 7.43. The molecule has 0 aliphatic carbocycles. The Bertz CT molecular complexity index is 296. The van der Waals surface area contributed by atoms with Crippen molar-refractivity contribution in [2.75, 3.05) is 33.2 Å². The van der Waals surface area contributed by atoms with E-state index < -0.39 is 16.2 Å². The summed E-state index contributed by atoms with van der Waals surface area (Å²) in [5, 5.41) is 0. The zero-order valence-corrected chi connectivity index (χ0v) is 11.1. The summed E-state index contributed by atoms with van der Waals surface area (Å²) in [6.45, 7) is 0.931. The predicted octanol–water partition coefficient (Wildman–Crippen LogP) is 0.521. The third-order valence-corrected chi connectivity index (χ3v) is 2.97. The van der Waals surface area contributed by atoms with Crippen molar-refractivity contribution in [2.24, 2.45) is 0 Å². The molecule has 0 spiro atoms. The molecule has 0 aromatic heterocycles. The molecule has 0 N–H and O–H groups in total. The molecule has 0 aromatic carbocycles. The molecule has 102 valence electrons. The van der Waals surface area contributed by atoms with Gasteiger partial charge in [-0.25, -0.2) is 0 Å². The molecular weight excluding hydrogens is 248 g/mol. The molecule has 0 bridgehead atoms. The zero-order chi connectivity index (χ0) is 12.7. The minimum absolute atomic E-state index is 0.0396. The van der Waals surface area contributed by atoms with E-state index in [0.29, 0.717) is 6.61 Å². The summed E-state index contributed by atoms with van der Waals surface area (Å²) in [7, 11) is -1.95. The Kier molecular flexibility index (Phi) is 6.35. The minimum Gasteiger partial charge on any atom is -0.377 e. The highest BCUT2D eigenvalue weighted by Gasteiger charge is 2.18. The van der Waals surface area contributed by atoms with Crippen LogP contribution in [0.1, 0.15) is 19.3 Å². The third-order valence-electron chi connectivity index (χ3n) is 2.41. The maximum atomic E-state index is 10.8. The molecule has 2 atom stereocenters. The maximum Gasteiger partial charge on any atom is 0.264 e. The molecule has 1 rings (SSSR count). The Morgan fingerprint density at radius 2 is 2.12 bits per heavy atom. The van der Waals surface area contributed by atoms with Crippen LogP contribution in [-0.4, -0.2) is 54.0 Å². The standard InChI is InChI=1S/C10H20O6S/c1-13-9(8-16-17(2,11)12)7-15-10-5-3-4-6-14-10/h9-10H,3-8H2,1-2H3. The third kappa shape index (κ3) is 6.95. The zero-order valence-electron chi connectivity index (χ0n) is 10.3. The topological polar surface area (TPSA) is 71.1 Å². The first-order valence-electron chi connectivity index (χ1n) is 5.61. The lowest BCUT2D eigenvalue weighted by Crippen LogP contribution is -2.31. The average molecular weight is 268 g/mol. The van der Waals surface area contributed by atoms with E-state index in [9.17, 15) is 8.42 Å². The van der Waals surface area contributed by atoms with E-state index in [1.807, 2.05) is 0 Å². The van der Waals surface area contributed by atoms with Crippen molar-refractivity contribution in [3.63, 3.8) is 0 Å². The SMILES string of the molecule is COC(COC1CCCCO1)COS(C)(=O)=O. The number of rotatable bonds is 7. The quantitative estimate of drug-likeness (QED) is 0.627. The highest BCUT2D eigenvalue weighted by atomic mass is 32.2. The van der Waals surface area contributed by atoms with Gasteiger partial charge >= 0.3 is 0 Å². The van der Waals surface area contributed by atoms with E-state index in [-0.39, 0.29) is 19.5 Å². The largest absolute Gasteiger partial charge is 0.377 e. The predicted molar refractivity (Wildman–Crippen MR) is 61.1 cm³/mol. The summed E-state index contributed by atoms with van der Waals surface area (Å²) < 4.78 is 42.2. The average Bonchev–Trinajstić information content (AvgIpc) is 2.29. The molecule has 0 amide bonds. The number of hydrogen-bond acceptors (Lipinski definition) is 6. The van der Waals surface area contributed by atoms with Crippen molar-refractivity contribution in [3.05, 3.63) is 0 Å². The van der Waals surface area contributed by atoms with E-state index in [1.54, 1.807) is 0 Å². The molecule has 1 saturated heterocycles. The van der Waals surface area contributed by atoms with Crippen LogP contribution in [-0.2, 0) is 28.5 Å². The van der Waals surface area contributed by atoms with Gasteiger partial charge in [-0.05, 0) is 19.3 Å². The molecule has 1 aliphatic heterocycles. The lowest BCUT2D eigenvalue weighted by Gasteiger charge is -2.24. The molecule has 2 unspecified atom stereocenters. The van der Waals surface area contributed by atoms with Gasteiger partial charge in [-0.1, -0.05) is 0 Å². The summed E-state index contributed by atoms with van der Waals surface area (Å²) in [5.74, 6) is 0. The van der Waals surface area contributed by atoms with Gasteiger partial charge in [-0.15, -0.1) is 0 Å². The second kappa shape index (κ2) is 7.27. The second-order valence-electron chi connectivity index (χ2n) is 3.98. The monoisotopic (exact) mass is 268 g/mol. The molecule has 6 nitrogen and oxygen atoms in total. The molecule has 0 aromatic rings. The Balaban J connectivity index is 2.21. The van der Waals surface area contributed by atoms with Gasteiger partial charge in [0.25, 0.3) is 10.1 Å².